The Labute approximate surface area is 110 Å². The van der Waals surface area contributed by atoms with Gasteiger partial charge in [-0.25, -0.2) is 4.98 Å². The number of hydrogen-bond acceptors (Lipinski definition) is 5. The minimum atomic E-state index is 0.567. The molecule has 96 valence electrons. The van der Waals surface area contributed by atoms with Gasteiger partial charge in [-0.15, -0.1) is 0 Å². The summed E-state index contributed by atoms with van der Waals surface area (Å²) in [5.41, 5.74) is 6.68. The third-order valence-electron chi connectivity index (χ3n) is 2.35. The average Bonchev–Trinajstić information content (AvgIpc) is 2.79. The molecule has 0 aliphatic carbocycles. The van der Waals surface area contributed by atoms with Gasteiger partial charge in [-0.3, -0.25) is 0 Å². The highest BCUT2D eigenvalue weighted by molar-refractivity contribution is 7.18. The number of ether oxygens (including phenoxy) is 2. The monoisotopic (exact) mass is 264 g/mol. The molecule has 4 nitrogen and oxygen atoms in total. The van der Waals surface area contributed by atoms with Crippen LogP contribution >= 0.6 is 11.3 Å². The molecular weight excluding hydrogens is 248 g/mol. The Balaban J connectivity index is 2.35. The standard InChI is InChI=1S/C13H16N2O2S/c1-3-16-10-6-5-9(7-11(10)17-4-2)12-8-15-13(14)18-12/h5-8H,3-4H2,1-2H3,(H2,14,15). The van der Waals surface area contributed by atoms with Gasteiger partial charge in [0.2, 0.25) is 0 Å². The largest absolute Gasteiger partial charge is 0.490 e. The molecule has 2 aromatic rings. The van der Waals surface area contributed by atoms with Crippen molar-refractivity contribution in [3.8, 4) is 21.9 Å². The van der Waals surface area contributed by atoms with Crippen LogP contribution in [0.25, 0.3) is 10.4 Å². The second kappa shape index (κ2) is 5.73. The third-order valence-corrected chi connectivity index (χ3v) is 3.23. The van der Waals surface area contributed by atoms with Gasteiger partial charge in [0.25, 0.3) is 0 Å². The molecule has 18 heavy (non-hydrogen) atoms. The van der Waals surface area contributed by atoms with E-state index in [1.165, 1.54) is 11.3 Å². The second-order valence-electron chi connectivity index (χ2n) is 3.59. The van der Waals surface area contributed by atoms with Crippen molar-refractivity contribution in [1.82, 2.24) is 4.98 Å². The fourth-order valence-corrected chi connectivity index (χ4v) is 2.31. The summed E-state index contributed by atoms with van der Waals surface area (Å²) in [6.45, 7) is 5.13. The Morgan fingerprint density at radius 3 is 2.50 bits per heavy atom. The lowest BCUT2D eigenvalue weighted by atomic mass is 10.2. The molecule has 5 heteroatoms. The van der Waals surface area contributed by atoms with Crippen molar-refractivity contribution in [3.63, 3.8) is 0 Å². The predicted molar refractivity (Wildman–Crippen MR) is 74.3 cm³/mol. The van der Waals surface area contributed by atoms with E-state index in [1.54, 1.807) is 6.20 Å². The van der Waals surface area contributed by atoms with Crippen LogP contribution in [0.15, 0.2) is 24.4 Å². The second-order valence-corrected chi connectivity index (χ2v) is 4.65. The van der Waals surface area contributed by atoms with E-state index >= 15 is 0 Å². The molecule has 1 aromatic carbocycles. The first kappa shape index (κ1) is 12.7. The first-order valence-corrected chi connectivity index (χ1v) is 6.67. The van der Waals surface area contributed by atoms with E-state index in [2.05, 4.69) is 4.98 Å². The lowest BCUT2D eigenvalue weighted by Crippen LogP contribution is -1.98. The Morgan fingerprint density at radius 2 is 1.89 bits per heavy atom. The summed E-state index contributed by atoms with van der Waals surface area (Å²) in [6.07, 6.45) is 1.77. The molecule has 0 atom stereocenters. The van der Waals surface area contributed by atoms with Crippen LogP contribution in [-0.2, 0) is 0 Å². The molecular formula is C13H16N2O2S. The zero-order valence-electron chi connectivity index (χ0n) is 10.5. The van der Waals surface area contributed by atoms with Gasteiger partial charge in [0.05, 0.1) is 18.1 Å². The topological polar surface area (TPSA) is 57.4 Å². The van der Waals surface area contributed by atoms with Gasteiger partial charge in [-0.2, -0.15) is 0 Å². The number of anilines is 1. The molecule has 0 aliphatic heterocycles. The highest BCUT2D eigenvalue weighted by Crippen LogP contribution is 2.35. The maximum Gasteiger partial charge on any atom is 0.180 e. The minimum Gasteiger partial charge on any atom is -0.490 e. The number of nitrogen functional groups attached to an aromatic ring is 1. The molecule has 0 aliphatic rings. The van der Waals surface area contributed by atoms with Crippen molar-refractivity contribution in [2.45, 2.75) is 13.8 Å². The number of nitrogens with two attached hydrogens (primary N) is 1. The van der Waals surface area contributed by atoms with Crippen LogP contribution in [0.5, 0.6) is 11.5 Å². The van der Waals surface area contributed by atoms with Crippen molar-refractivity contribution >= 4 is 16.5 Å². The number of rotatable bonds is 5. The molecule has 2 N–H and O–H groups in total. The van der Waals surface area contributed by atoms with Crippen LogP contribution in [0.2, 0.25) is 0 Å². The van der Waals surface area contributed by atoms with Gasteiger partial charge in [0, 0.05) is 6.20 Å². The summed E-state index contributed by atoms with van der Waals surface area (Å²) in [4.78, 5) is 5.08. The average molecular weight is 264 g/mol. The Morgan fingerprint density at radius 1 is 1.17 bits per heavy atom. The number of aromatic nitrogens is 1. The molecule has 2 rings (SSSR count). The fourth-order valence-electron chi connectivity index (χ4n) is 1.63. The zero-order valence-corrected chi connectivity index (χ0v) is 11.3. The van der Waals surface area contributed by atoms with E-state index in [4.69, 9.17) is 15.2 Å². The zero-order chi connectivity index (χ0) is 13.0. The van der Waals surface area contributed by atoms with E-state index in [9.17, 15) is 0 Å². The van der Waals surface area contributed by atoms with Crippen LogP contribution in [0.3, 0.4) is 0 Å². The first-order chi connectivity index (χ1) is 8.74. The smallest absolute Gasteiger partial charge is 0.180 e. The van der Waals surface area contributed by atoms with Gasteiger partial charge in [0.15, 0.2) is 16.6 Å². The third kappa shape index (κ3) is 2.73. The number of hydrogen-bond donors (Lipinski definition) is 1. The van der Waals surface area contributed by atoms with Gasteiger partial charge in [0.1, 0.15) is 0 Å². The summed E-state index contributed by atoms with van der Waals surface area (Å²) in [7, 11) is 0. The Bertz CT molecular complexity index is 525. The summed E-state index contributed by atoms with van der Waals surface area (Å²) in [5.74, 6) is 1.52. The minimum absolute atomic E-state index is 0.567. The highest BCUT2D eigenvalue weighted by Gasteiger charge is 2.09. The summed E-state index contributed by atoms with van der Waals surface area (Å²) >= 11 is 1.46. The van der Waals surface area contributed by atoms with E-state index < -0.39 is 0 Å². The van der Waals surface area contributed by atoms with Crippen LogP contribution in [0.1, 0.15) is 13.8 Å². The van der Waals surface area contributed by atoms with Crippen LogP contribution in [0.4, 0.5) is 5.13 Å². The van der Waals surface area contributed by atoms with Crippen molar-refractivity contribution in [2.75, 3.05) is 18.9 Å². The molecule has 1 aromatic heterocycles. The molecule has 0 fully saturated rings. The Hall–Kier alpha value is -1.75. The lowest BCUT2D eigenvalue weighted by molar-refractivity contribution is 0.288. The molecule has 0 saturated carbocycles. The van der Waals surface area contributed by atoms with Crippen molar-refractivity contribution in [1.29, 1.82) is 0 Å². The van der Waals surface area contributed by atoms with Gasteiger partial charge in [-0.1, -0.05) is 11.3 Å². The van der Waals surface area contributed by atoms with Crippen LogP contribution in [0, 0.1) is 0 Å². The maximum absolute atomic E-state index is 5.64. The molecule has 0 radical (unpaired) electrons. The maximum atomic E-state index is 5.64. The van der Waals surface area contributed by atoms with Crippen LogP contribution in [-0.4, -0.2) is 18.2 Å². The van der Waals surface area contributed by atoms with Crippen LogP contribution < -0.4 is 15.2 Å². The van der Waals surface area contributed by atoms with Crippen molar-refractivity contribution in [2.24, 2.45) is 0 Å². The van der Waals surface area contributed by atoms with Crippen molar-refractivity contribution in [3.05, 3.63) is 24.4 Å². The van der Waals surface area contributed by atoms with E-state index in [0.29, 0.717) is 18.3 Å². The molecule has 0 unspecified atom stereocenters. The van der Waals surface area contributed by atoms with E-state index in [-0.39, 0.29) is 0 Å². The Kier molecular flexibility index (Phi) is 4.04. The summed E-state index contributed by atoms with van der Waals surface area (Å²) < 4.78 is 11.1. The molecule has 0 saturated heterocycles. The lowest BCUT2D eigenvalue weighted by Gasteiger charge is -2.11. The van der Waals surface area contributed by atoms with Gasteiger partial charge in [-0.05, 0) is 37.6 Å². The normalized spacial score (nSPS) is 10.3. The van der Waals surface area contributed by atoms with E-state index in [0.717, 1.165) is 21.9 Å². The van der Waals surface area contributed by atoms with Crippen molar-refractivity contribution < 1.29 is 9.47 Å². The SMILES string of the molecule is CCOc1ccc(-c2cnc(N)s2)cc1OCC. The fraction of sp³-hybridized carbons (Fsp3) is 0.308. The molecule has 0 amide bonds. The van der Waals surface area contributed by atoms with Gasteiger partial charge < -0.3 is 15.2 Å². The molecule has 1 heterocycles. The highest BCUT2D eigenvalue weighted by atomic mass is 32.1. The number of thiazole rings is 1. The quantitative estimate of drug-likeness (QED) is 0.901. The van der Waals surface area contributed by atoms with E-state index in [1.807, 2.05) is 32.0 Å². The first-order valence-electron chi connectivity index (χ1n) is 5.86. The predicted octanol–water partition coefficient (Wildman–Crippen LogP) is 3.19. The number of benzene rings is 1. The molecule has 0 bridgehead atoms. The molecule has 0 spiro atoms. The summed E-state index contributed by atoms with van der Waals surface area (Å²) in [5, 5.41) is 0.567. The number of nitrogens with zero attached hydrogens (tertiary/aromatic N) is 1. The van der Waals surface area contributed by atoms with Gasteiger partial charge >= 0.3 is 0 Å². The summed E-state index contributed by atoms with van der Waals surface area (Å²) in [6, 6.07) is 5.86.